The highest BCUT2D eigenvalue weighted by Crippen LogP contribution is 2.38. The maximum Gasteiger partial charge on any atom is 0.258 e. The van der Waals surface area contributed by atoms with Gasteiger partial charge in [-0.2, -0.15) is 5.10 Å². The van der Waals surface area contributed by atoms with E-state index in [9.17, 15) is 9.90 Å². The number of aromatic hydroxyl groups is 1. The number of nitrogens with zero attached hydrogens (tertiary/aromatic N) is 1. The second-order valence-electron chi connectivity index (χ2n) is 7.60. The molecule has 3 atom stereocenters. The first-order chi connectivity index (χ1) is 14.2. The predicted octanol–water partition coefficient (Wildman–Crippen LogP) is 2.78. The molecule has 3 unspecified atom stereocenters. The molecule has 0 spiro atoms. The summed E-state index contributed by atoms with van der Waals surface area (Å²) in [6.07, 6.45) is 3.41. The van der Waals surface area contributed by atoms with E-state index in [1.54, 1.807) is 6.07 Å². The third-order valence-corrected chi connectivity index (χ3v) is 5.99. The zero-order chi connectivity index (χ0) is 19.8. The molecule has 1 aliphatic heterocycles. The molecule has 3 aromatic carbocycles. The first kappa shape index (κ1) is 17.8. The van der Waals surface area contributed by atoms with E-state index in [1.807, 2.05) is 36.4 Å². The van der Waals surface area contributed by atoms with Crippen LogP contribution in [0, 0.1) is 5.92 Å². The zero-order valence-corrected chi connectivity index (χ0v) is 15.8. The van der Waals surface area contributed by atoms with Crippen molar-refractivity contribution in [2.75, 3.05) is 0 Å². The Morgan fingerprint density at radius 1 is 1.07 bits per heavy atom. The van der Waals surface area contributed by atoms with Crippen LogP contribution in [0.4, 0.5) is 0 Å². The summed E-state index contributed by atoms with van der Waals surface area (Å²) in [7, 11) is 0. The van der Waals surface area contributed by atoms with E-state index in [-0.39, 0.29) is 29.7 Å². The third kappa shape index (κ3) is 3.16. The fourth-order valence-corrected chi connectivity index (χ4v) is 4.52. The quantitative estimate of drug-likeness (QED) is 0.412. The van der Waals surface area contributed by atoms with Gasteiger partial charge in [0.2, 0.25) is 0 Å². The molecular weight excluding hydrogens is 364 g/mol. The number of hydrogen-bond donors (Lipinski definition) is 4. The van der Waals surface area contributed by atoms with E-state index in [0.717, 1.165) is 23.6 Å². The molecule has 0 radical (unpaired) electrons. The minimum absolute atomic E-state index is 0.127. The van der Waals surface area contributed by atoms with Crippen LogP contribution >= 0.6 is 0 Å². The number of benzene rings is 3. The molecule has 1 aliphatic carbocycles. The van der Waals surface area contributed by atoms with Gasteiger partial charge in [0.1, 0.15) is 11.8 Å². The maximum atomic E-state index is 12.8. The maximum absolute atomic E-state index is 12.8. The summed E-state index contributed by atoms with van der Waals surface area (Å²) < 4.78 is 0. The Bertz CT molecular complexity index is 1110. The molecule has 0 saturated carbocycles. The Morgan fingerprint density at radius 3 is 2.83 bits per heavy atom. The second kappa shape index (κ2) is 7.31. The van der Waals surface area contributed by atoms with Crippen LogP contribution in [0.1, 0.15) is 29.2 Å². The van der Waals surface area contributed by atoms with Gasteiger partial charge in [0.25, 0.3) is 5.91 Å². The number of fused-ring (bicyclic) bond motifs is 4. The molecule has 6 nitrogen and oxygen atoms in total. The summed E-state index contributed by atoms with van der Waals surface area (Å²) >= 11 is 0. The molecule has 1 heterocycles. The SMILES string of the molecule is O=C(N/N=C\c1c(O)ccc2ccccc12)C1NNC2c3ccccc3CCC12. The van der Waals surface area contributed by atoms with Gasteiger partial charge in [-0.05, 0) is 40.8 Å². The van der Waals surface area contributed by atoms with Gasteiger partial charge in [0.05, 0.1) is 12.3 Å². The third-order valence-electron chi connectivity index (χ3n) is 5.99. The van der Waals surface area contributed by atoms with Gasteiger partial charge >= 0.3 is 0 Å². The van der Waals surface area contributed by atoms with Crippen molar-refractivity contribution in [1.29, 1.82) is 0 Å². The molecule has 4 N–H and O–H groups in total. The molecule has 146 valence electrons. The Labute approximate surface area is 168 Å². The molecule has 1 amide bonds. The number of aryl methyl sites for hydroxylation is 1. The van der Waals surface area contributed by atoms with E-state index in [4.69, 9.17) is 0 Å². The van der Waals surface area contributed by atoms with Crippen LogP contribution in [-0.4, -0.2) is 23.3 Å². The zero-order valence-electron chi connectivity index (χ0n) is 15.8. The van der Waals surface area contributed by atoms with Crippen molar-refractivity contribution in [3.05, 3.63) is 77.4 Å². The average molecular weight is 386 g/mol. The number of phenolic OH excluding ortho intramolecular Hbond substituents is 1. The number of nitrogens with one attached hydrogen (secondary N) is 3. The monoisotopic (exact) mass is 386 g/mol. The highest BCUT2D eigenvalue weighted by molar-refractivity contribution is 6.02. The highest BCUT2D eigenvalue weighted by Gasteiger charge is 2.43. The summed E-state index contributed by atoms with van der Waals surface area (Å²) in [5.74, 6) is 0.123. The first-order valence-electron chi connectivity index (χ1n) is 9.85. The Hall–Kier alpha value is -3.22. The van der Waals surface area contributed by atoms with Crippen molar-refractivity contribution in [3.8, 4) is 5.75 Å². The summed E-state index contributed by atoms with van der Waals surface area (Å²) in [6, 6.07) is 19.4. The van der Waals surface area contributed by atoms with E-state index in [1.165, 1.54) is 17.3 Å². The molecule has 0 aromatic heterocycles. The lowest BCUT2D eigenvalue weighted by Crippen LogP contribution is -2.44. The minimum Gasteiger partial charge on any atom is -0.507 e. The van der Waals surface area contributed by atoms with Crippen LogP contribution in [0.25, 0.3) is 10.8 Å². The van der Waals surface area contributed by atoms with Gasteiger partial charge in [-0.15, -0.1) is 0 Å². The fourth-order valence-electron chi connectivity index (χ4n) is 4.52. The number of rotatable bonds is 3. The average Bonchev–Trinajstić information content (AvgIpc) is 3.20. The van der Waals surface area contributed by atoms with Gasteiger partial charge < -0.3 is 5.11 Å². The van der Waals surface area contributed by atoms with Crippen LogP contribution in [0.5, 0.6) is 5.75 Å². The topological polar surface area (TPSA) is 85.8 Å². The van der Waals surface area contributed by atoms with E-state index < -0.39 is 0 Å². The van der Waals surface area contributed by atoms with Crippen LogP contribution < -0.4 is 16.3 Å². The van der Waals surface area contributed by atoms with Crippen molar-refractivity contribution in [1.82, 2.24) is 16.3 Å². The Kier molecular flexibility index (Phi) is 4.50. The van der Waals surface area contributed by atoms with Gasteiger partial charge in [-0.1, -0.05) is 54.6 Å². The van der Waals surface area contributed by atoms with Gasteiger partial charge in [0.15, 0.2) is 0 Å². The molecular formula is C23H22N4O2. The van der Waals surface area contributed by atoms with Crippen LogP contribution in [0.2, 0.25) is 0 Å². The minimum atomic E-state index is -0.355. The van der Waals surface area contributed by atoms with Gasteiger partial charge in [-0.25, -0.2) is 16.3 Å². The molecule has 6 heteroatoms. The Morgan fingerprint density at radius 2 is 1.90 bits per heavy atom. The normalized spacial score (nSPS) is 23.1. The lowest BCUT2D eigenvalue weighted by Gasteiger charge is -2.29. The highest BCUT2D eigenvalue weighted by atomic mass is 16.3. The lowest BCUT2D eigenvalue weighted by atomic mass is 9.77. The number of hydrazone groups is 1. The fraction of sp³-hybridized carbons (Fsp3) is 0.217. The van der Waals surface area contributed by atoms with E-state index in [0.29, 0.717) is 5.56 Å². The number of carbonyl (C=O) groups excluding carboxylic acids is 1. The van der Waals surface area contributed by atoms with Crippen molar-refractivity contribution in [2.45, 2.75) is 24.9 Å². The second-order valence-corrected chi connectivity index (χ2v) is 7.60. The molecule has 29 heavy (non-hydrogen) atoms. The summed E-state index contributed by atoms with van der Waals surface area (Å²) in [5, 5.41) is 16.2. The Balaban J connectivity index is 1.32. The smallest absolute Gasteiger partial charge is 0.258 e. The number of hydrogen-bond acceptors (Lipinski definition) is 5. The summed E-state index contributed by atoms with van der Waals surface area (Å²) in [6.45, 7) is 0. The van der Waals surface area contributed by atoms with Crippen LogP contribution in [0.15, 0.2) is 65.8 Å². The number of carbonyl (C=O) groups is 1. The lowest BCUT2D eigenvalue weighted by molar-refractivity contribution is -0.123. The van der Waals surface area contributed by atoms with Gasteiger partial charge in [0, 0.05) is 11.5 Å². The van der Waals surface area contributed by atoms with Crippen molar-refractivity contribution in [3.63, 3.8) is 0 Å². The summed E-state index contributed by atoms with van der Waals surface area (Å²) in [4.78, 5) is 12.8. The number of hydrazine groups is 1. The molecule has 3 aromatic rings. The predicted molar refractivity (Wildman–Crippen MR) is 112 cm³/mol. The standard InChI is InChI=1S/C23H22N4O2/c28-20-12-10-14-5-1-3-7-16(14)19(20)13-24-27-23(29)22-18-11-9-15-6-2-4-8-17(15)21(18)25-26-22/h1-8,10,12-13,18,21-22,25-26,28H,9,11H2,(H,27,29)/b24-13-. The van der Waals surface area contributed by atoms with E-state index in [2.05, 4.69) is 39.6 Å². The van der Waals surface area contributed by atoms with Crippen LogP contribution in [0.3, 0.4) is 0 Å². The number of amides is 1. The summed E-state index contributed by atoms with van der Waals surface area (Å²) in [5.41, 5.74) is 12.3. The molecule has 1 saturated heterocycles. The first-order valence-corrected chi connectivity index (χ1v) is 9.85. The molecule has 1 fully saturated rings. The largest absolute Gasteiger partial charge is 0.507 e. The molecule has 0 bridgehead atoms. The number of phenols is 1. The van der Waals surface area contributed by atoms with Crippen LogP contribution in [-0.2, 0) is 11.2 Å². The molecule has 5 rings (SSSR count). The van der Waals surface area contributed by atoms with E-state index >= 15 is 0 Å². The van der Waals surface area contributed by atoms with Gasteiger partial charge in [-0.3, -0.25) is 4.79 Å². The van der Waals surface area contributed by atoms with Crippen molar-refractivity contribution in [2.24, 2.45) is 11.0 Å². The van der Waals surface area contributed by atoms with Crippen molar-refractivity contribution >= 4 is 22.9 Å². The molecule has 2 aliphatic rings. The van der Waals surface area contributed by atoms with Crippen molar-refractivity contribution < 1.29 is 9.90 Å².